The van der Waals surface area contributed by atoms with Gasteiger partial charge < -0.3 is 4.42 Å². The highest BCUT2D eigenvalue weighted by Crippen LogP contribution is 2.40. The van der Waals surface area contributed by atoms with E-state index in [1.54, 1.807) is 11.3 Å². The quantitative estimate of drug-likeness (QED) is 0.114. The predicted octanol–water partition coefficient (Wildman–Crippen LogP) is 25.7. The Kier molecular flexibility index (Phi) is 16.7. The number of rotatable bonds is 13. The first-order valence-electron chi connectivity index (χ1n) is 34.8. The summed E-state index contributed by atoms with van der Waals surface area (Å²) in [7, 11) is 0. The number of furan rings is 1. The Balaban J connectivity index is 0.000000149. The van der Waals surface area contributed by atoms with Gasteiger partial charge in [-0.2, -0.15) is 0 Å². The van der Waals surface area contributed by atoms with Crippen molar-refractivity contribution in [3.05, 3.63) is 376 Å². The van der Waals surface area contributed by atoms with Gasteiger partial charge in [0.2, 0.25) is 0 Å². The van der Waals surface area contributed by atoms with E-state index >= 15 is 0 Å². The lowest BCUT2D eigenvalue weighted by molar-refractivity contribution is 0.669. The fourth-order valence-electron chi connectivity index (χ4n) is 13.7. The molecule has 7 nitrogen and oxygen atoms in total. The summed E-state index contributed by atoms with van der Waals surface area (Å²) in [6, 6.07) is 131. The van der Waals surface area contributed by atoms with Gasteiger partial charge in [-0.05, 0) is 145 Å². The first-order valence-corrected chi connectivity index (χ1v) is 35.6. The van der Waals surface area contributed by atoms with Crippen LogP contribution < -0.4 is 0 Å². The van der Waals surface area contributed by atoms with Crippen LogP contribution in [-0.2, 0) is 0 Å². The number of benzene rings is 15. The van der Waals surface area contributed by atoms with Crippen LogP contribution in [0.1, 0.15) is 0 Å². The van der Waals surface area contributed by atoms with Crippen molar-refractivity contribution in [1.82, 2.24) is 29.9 Å². The zero-order chi connectivity index (χ0) is 69.1. The van der Waals surface area contributed by atoms with Crippen LogP contribution >= 0.6 is 11.3 Å². The molecule has 0 atom stereocenters. The summed E-state index contributed by atoms with van der Waals surface area (Å²) in [4.78, 5) is 30.2. The van der Waals surface area contributed by atoms with E-state index in [-0.39, 0.29) is 0 Å². The Hall–Kier alpha value is -13.7. The summed E-state index contributed by atoms with van der Waals surface area (Å²) in [5.74, 6) is 3.76. The van der Waals surface area contributed by atoms with Crippen molar-refractivity contribution in [1.29, 1.82) is 0 Å². The lowest BCUT2D eigenvalue weighted by Crippen LogP contribution is -2.00. The molecule has 104 heavy (non-hydrogen) atoms. The molecule has 0 fully saturated rings. The lowest BCUT2D eigenvalue weighted by atomic mass is 9.93. The van der Waals surface area contributed by atoms with Gasteiger partial charge in [-0.25, -0.2) is 29.9 Å². The van der Waals surface area contributed by atoms with Crippen LogP contribution in [0.4, 0.5) is 0 Å². The van der Waals surface area contributed by atoms with Crippen LogP contribution in [0.2, 0.25) is 0 Å². The van der Waals surface area contributed by atoms with Gasteiger partial charge in [0.1, 0.15) is 11.2 Å². The number of para-hydroxylation sites is 1. The van der Waals surface area contributed by atoms with Crippen molar-refractivity contribution in [3.8, 4) is 146 Å². The summed E-state index contributed by atoms with van der Waals surface area (Å²) in [5, 5.41) is 4.68. The first kappa shape index (κ1) is 62.6. The SMILES string of the molecule is c1ccc(-c2cc(-c3ccccc3)cc(-c3ccc(-c4nc(-c5ccccc5)nc(-c5ccc6c(c5)sc5ccccc56)n4)cc3)c2)cc1.c1ccc(-c2ccc(-c3nc(-c4ccc(-c5cc(-c6ccccc6)cc(-c6ccccc6)c5)cc4)nc(-c4ccc5c(c4)oc4ccccc45)n3)cc2)cc1. The molecule has 8 heteroatoms. The molecule has 0 radical (unpaired) electrons. The van der Waals surface area contributed by atoms with Crippen molar-refractivity contribution in [3.63, 3.8) is 0 Å². The van der Waals surface area contributed by atoms with Crippen molar-refractivity contribution in [2.75, 3.05) is 0 Å². The topological polar surface area (TPSA) is 90.5 Å². The Morgan fingerprint density at radius 2 is 0.394 bits per heavy atom. The summed E-state index contributed by atoms with van der Waals surface area (Å²) in [6.07, 6.45) is 0. The average Bonchev–Trinajstić information content (AvgIpc) is 1.44. The molecule has 0 saturated heterocycles. The fraction of sp³-hybridized carbons (Fsp3) is 0. The van der Waals surface area contributed by atoms with Gasteiger partial charge in [-0.1, -0.05) is 309 Å². The van der Waals surface area contributed by atoms with E-state index in [1.807, 2.05) is 60.7 Å². The monoisotopic (exact) mass is 1350 g/mol. The van der Waals surface area contributed by atoms with Gasteiger partial charge in [0.05, 0.1) is 0 Å². The van der Waals surface area contributed by atoms with E-state index < -0.39 is 0 Å². The van der Waals surface area contributed by atoms with Gasteiger partial charge >= 0.3 is 0 Å². The predicted molar refractivity (Wildman–Crippen MR) is 430 cm³/mol. The number of nitrogens with zero attached hydrogens (tertiary/aromatic N) is 6. The summed E-state index contributed by atoms with van der Waals surface area (Å²) >= 11 is 1.80. The molecule has 15 aromatic carbocycles. The summed E-state index contributed by atoms with van der Waals surface area (Å²) in [5.41, 5.74) is 23.5. The second-order valence-electron chi connectivity index (χ2n) is 25.8. The maximum Gasteiger partial charge on any atom is 0.164 e. The number of hydrogen-bond donors (Lipinski definition) is 0. The molecule has 19 rings (SSSR count). The summed E-state index contributed by atoms with van der Waals surface area (Å²) in [6.45, 7) is 0. The van der Waals surface area contributed by atoms with Crippen LogP contribution in [0, 0.1) is 0 Å². The standard InChI is InChI=1S/C51H33N3O.C45H29N3S/c1-4-12-34(13-5-1)37-20-24-39(25-21-37)49-52-50(54-51(53-49)41-28-29-46-45-18-10-11-19-47(45)55-48(46)33-41)40-26-22-38(23-27-40)44-31-42(35-14-6-2-7-15-35)30-43(32-44)36-16-8-3-9-17-36;1-4-12-30(13-5-1)36-26-37(31-14-6-2-7-15-31)28-38(27-36)32-20-22-34(23-21-32)44-46-43(33-16-8-3-9-17-33)47-45(48-44)35-24-25-40-39-18-10-11-19-41(39)49-42(40)29-35/h1-33H;1-29H. The second-order valence-corrected chi connectivity index (χ2v) is 26.8. The van der Waals surface area contributed by atoms with E-state index in [0.29, 0.717) is 34.9 Å². The van der Waals surface area contributed by atoms with Gasteiger partial charge in [-0.15, -0.1) is 11.3 Å². The molecule has 0 aliphatic heterocycles. The molecule has 0 amide bonds. The van der Waals surface area contributed by atoms with Gasteiger partial charge in [0, 0.05) is 64.3 Å². The van der Waals surface area contributed by atoms with E-state index in [4.69, 9.17) is 34.3 Å². The minimum absolute atomic E-state index is 0.585. The second kappa shape index (κ2) is 27.8. The van der Waals surface area contributed by atoms with E-state index in [9.17, 15) is 0 Å². The molecular formula is C96H62N6OS. The normalized spacial score (nSPS) is 11.3. The Bertz CT molecular complexity index is 6180. The van der Waals surface area contributed by atoms with Crippen molar-refractivity contribution < 1.29 is 4.42 Å². The number of fused-ring (bicyclic) bond motifs is 6. The Labute approximate surface area is 606 Å². The third-order valence-corrected chi connectivity index (χ3v) is 20.2. The highest BCUT2D eigenvalue weighted by molar-refractivity contribution is 7.25. The minimum Gasteiger partial charge on any atom is -0.456 e. The van der Waals surface area contributed by atoms with Crippen LogP contribution in [-0.4, -0.2) is 29.9 Å². The molecule has 0 aliphatic rings. The average molecular weight is 1350 g/mol. The highest BCUT2D eigenvalue weighted by atomic mass is 32.1. The first-order chi connectivity index (χ1) is 51.5. The zero-order valence-corrected chi connectivity index (χ0v) is 57.1. The van der Waals surface area contributed by atoms with Crippen LogP contribution in [0.3, 0.4) is 0 Å². The molecule has 0 saturated carbocycles. The minimum atomic E-state index is 0.585. The molecule has 0 aliphatic carbocycles. The maximum absolute atomic E-state index is 6.26. The number of hydrogen-bond acceptors (Lipinski definition) is 8. The molecule has 19 aromatic rings. The largest absolute Gasteiger partial charge is 0.456 e. The molecule has 0 unspecified atom stereocenters. The smallest absolute Gasteiger partial charge is 0.164 e. The molecule has 0 N–H and O–H groups in total. The van der Waals surface area contributed by atoms with E-state index in [1.165, 1.54) is 64.7 Å². The molecule has 4 aromatic heterocycles. The van der Waals surface area contributed by atoms with Gasteiger partial charge in [0.15, 0.2) is 34.9 Å². The number of thiophene rings is 1. The molecule has 4 heterocycles. The van der Waals surface area contributed by atoms with Crippen LogP contribution in [0.25, 0.3) is 188 Å². The maximum atomic E-state index is 6.26. The zero-order valence-electron chi connectivity index (χ0n) is 56.3. The highest BCUT2D eigenvalue weighted by Gasteiger charge is 2.19. The van der Waals surface area contributed by atoms with Crippen LogP contribution in [0.15, 0.2) is 381 Å². The third-order valence-electron chi connectivity index (χ3n) is 19.1. The van der Waals surface area contributed by atoms with Crippen molar-refractivity contribution >= 4 is 53.4 Å². The molecule has 0 bridgehead atoms. The third kappa shape index (κ3) is 12.9. The Morgan fingerprint density at radius 3 is 0.788 bits per heavy atom. The molecular weight excluding hydrogens is 1290 g/mol. The van der Waals surface area contributed by atoms with Gasteiger partial charge in [0.25, 0.3) is 0 Å². The van der Waals surface area contributed by atoms with Gasteiger partial charge in [-0.3, -0.25) is 0 Å². The van der Waals surface area contributed by atoms with Crippen molar-refractivity contribution in [2.45, 2.75) is 0 Å². The van der Waals surface area contributed by atoms with Crippen LogP contribution in [0.5, 0.6) is 0 Å². The van der Waals surface area contributed by atoms with E-state index in [2.05, 4.69) is 315 Å². The number of aromatic nitrogens is 6. The molecule has 0 spiro atoms. The lowest BCUT2D eigenvalue weighted by Gasteiger charge is -2.12. The van der Waals surface area contributed by atoms with Crippen molar-refractivity contribution in [2.24, 2.45) is 0 Å². The fourth-order valence-corrected chi connectivity index (χ4v) is 14.8. The summed E-state index contributed by atoms with van der Waals surface area (Å²) < 4.78 is 8.76. The van der Waals surface area contributed by atoms with E-state index in [0.717, 1.165) is 88.7 Å². The molecule has 488 valence electrons. The Morgan fingerprint density at radius 1 is 0.154 bits per heavy atom.